The molecule has 1 saturated carbocycles. The number of nitrogens with one attached hydrogen (secondary N) is 1. The van der Waals surface area contributed by atoms with Crippen LogP contribution in [0.25, 0.3) is 0 Å². The van der Waals surface area contributed by atoms with Gasteiger partial charge in [-0.1, -0.05) is 6.07 Å². The smallest absolute Gasteiger partial charge is 0.279 e. The summed E-state index contributed by atoms with van der Waals surface area (Å²) < 4.78 is 32.2. The van der Waals surface area contributed by atoms with Gasteiger partial charge in [-0.15, -0.1) is 0 Å². The van der Waals surface area contributed by atoms with Crippen LogP contribution in [0.5, 0.6) is 0 Å². The number of quaternary nitrogens is 1. The molecule has 1 saturated heterocycles. The predicted octanol–water partition coefficient (Wildman–Crippen LogP) is 0.460. The molecule has 0 bridgehead atoms. The maximum absolute atomic E-state index is 12.8. The molecule has 0 spiro atoms. The highest BCUT2D eigenvalue weighted by Gasteiger charge is 2.27. The molecule has 0 atom stereocenters. The van der Waals surface area contributed by atoms with E-state index in [9.17, 15) is 13.2 Å². The van der Waals surface area contributed by atoms with Crippen molar-refractivity contribution in [2.24, 2.45) is 0 Å². The molecular weight excluding hydrogens is 354 g/mol. The Kier molecular flexibility index (Phi) is 6.29. The van der Waals surface area contributed by atoms with Crippen molar-refractivity contribution < 1.29 is 23.3 Å². The summed E-state index contributed by atoms with van der Waals surface area (Å²) in [4.78, 5) is 12.5. The third-order valence-electron chi connectivity index (χ3n) is 5.13. The maximum atomic E-state index is 12.8. The van der Waals surface area contributed by atoms with Gasteiger partial charge in [0.25, 0.3) is 5.91 Å². The number of benzene rings is 1. The zero-order chi connectivity index (χ0) is 18.6. The molecule has 7 nitrogen and oxygen atoms in total. The normalized spacial score (nSPS) is 19.6. The van der Waals surface area contributed by atoms with Gasteiger partial charge in [0.05, 0.1) is 24.2 Å². The lowest BCUT2D eigenvalue weighted by Crippen LogP contribution is -2.91. The van der Waals surface area contributed by atoms with Crippen molar-refractivity contribution in [3.05, 3.63) is 23.8 Å². The van der Waals surface area contributed by atoms with Crippen LogP contribution in [0.1, 0.15) is 31.2 Å². The number of aryl methyl sites for hydroxylation is 1. The molecule has 1 heterocycles. The van der Waals surface area contributed by atoms with Crippen LogP contribution in [0.2, 0.25) is 0 Å². The molecule has 2 aliphatic rings. The minimum absolute atomic E-state index is 0.0964. The summed E-state index contributed by atoms with van der Waals surface area (Å²) in [6.07, 6.45) is 4.81. The first-order valence-corrected chi connectivity index (χ1v) is 10.7. The molecule has 0 unspecified atom stereocenters. The Morgan fingerprint density at radius 2 is 1.96 bits per heavy atom. The summed E-state index contributed by atoms with van der Waals surface area (Å²) in [7, 11) is -3.57. The Labute approximate surface area is 155 Å². The minimum Gasteiger partial charge on any atom is -0.379 e. The lowest BCUT2D eigenvalue weighted by atomic mass is 10.2. The van der Waals surface area contributed by atoms with E-state index in [1.807, 2.05) is 6.92 Å². The minimum atomic E-state index is -3.57. The van der Waals surface area contributed by atoms with Crippen LogP contribution in [0.15, 0.2) is 23.1 Å². The van der Waals surface area contributed by atoms with Gasteiger partial charge in [-0.3, -0.25) is 4.79 Å². The molecular formula is C18H28N3O4S+. The summed E-state index contributed by atoms with van der Waals surface area (Å²) in [6.45, 7) is 3.76. The molecule has 0 aromatic heterocycles. The third-order valence-corrected chi connectivity index (χ3v) is 7.02. The van der Waals surface area contributed by atoms with Gasteiger partial charge in [-0.05, 0) is 50.3 Å². The molecule has 3 N–H and O–H groups in total. The highest BCUT2D eigenvalue weighted by Crippen LogP contribution is 2.23. The van der Waals surface area contributed by atoms with Gasteiger partial charge in [0.1, 0.15) is 0 Å². The lowest BCUT2D eigenvalue weighted by Gasteiger charge is -2.26. The first kappa shape index (κ1) is 19.3. The van der Waals surface area contributed by atoms with Crippen molar-refractivity contribution in [1.82, 2.24) is 4.31 Å². The number of carbonyl (C=O) groups excluding carboxylic acids is 1. The average molecular weight is 383 g/mol. The number of amides is 1. The van der Waals surface area contributed by atoms with E-state index < -0.39 is 10.0 Å². The van der Waals surface area contributed by atoms with Crippen molar-refractivity contribution >= 4 is 21.6 Å². The van der Waals surface area contributed by atoms with Gasteiger partial charge in [0.15, 0.2) is 6.54 Å². The van der Waals surface area contributed by atoms with E-state index in [-0.39, 0.29) is 10.8 Å². The zero-order valence-corrected chi connectivity index (χ0v) is 16.1. The van der Waals surface area contributed by atoms with Crippen LogP contribution in [0, 0.1) is 6.92 Å². The average Bonchev–Trinajstić information content (AvgIpc) is 3.16. The van der Waals surface area contributed by atoms with Gasteiger partial charge in [-0.25, -0.2) is 8.42 Å². The van der Waals surface area contributed by atoms with Gasteiger partial charge >= 0.3 is 0 Å². The number of morpholine rings is 1. The van der Waals surface area contributed by atoms with Crippen LogP contribution in [0.4, 0.5) is 5.69 Å². The molecule has 1 aromatic rings. The quantitative estimate of drug-likeness (QED) is 0.748. The van der Waals surface area contributed by atoms with Gasteiger partial charge in [0.2, 0.25) is 10.0 Å². The number of carbonyl (C=O) groups is 1. The van der Waals surface area contributed by atoms with Gasteiger partial charge in [-0.2, -0.15) is 4.31 Å². The Bertz CT molecular complexity index is 739. The van der Waals surface area contributed by atoms with E-state index in [1.54, 1.807) is 18.2 Å². The molecule has 2 fully saturated rings. The maximum Gasteiger partial charge on any atom is 0.279 e. The number of nitrogens with zero attached hydrogens (tertiary/aromatic N) is 1. The van der Waals surface area contributed by atoms with Crippen LogP contribution in [-0.4, -0.2) is 57.5 Å². The number of rotatable bonds is 6. The Balaban J connectivity index is 1.67. The first-order valence-electron chi connectivity index (χ1n) is 9.28. The van der Waals surface area contributed by atoms with Crippen LogP contribution in [-0.2, 0) is 19.6 Å². The van der Waals surface area contributed by atoms with E-state index >= 15 is 0 Å². The van der Waals surface area contributed by atoms with Crippen molar-refractivity contribution in [3.63, 3.8) is 0 Å². The second kappa shape index (κ2) is 8.47. The Hall–Kier alpha value is -1.48. The van der Waals surface area contributed by atoms with Crippen molar-refractivity contribution in [2.75, 3.05) is 38.2 Å². The summed E-state index contributed by atoms with van der Waals surface area (Å²) in [5.41, 5.74) is 1.41. The largest absolute Gasteiger partial charge is 0.379 e. The predicted molar refractivity (Wildman–Crippen MR) is 98.4 cm³/mol. The lowest BCUT2D eigenvalue weighted by molar-refractivity contribution is -0.677. The van der Waals surface area contributed by atoms with Crippen molar-refractivity contribution in [2.45, 2.75) is 43.5 Å². The molecule has 3 rings (SSSR count). The van der Waals surface area contributed by atoms with Gasteiger partial charge < -0.3 is 15.4 Å². The fourth-order valence-corrected chi connectivity index (χ4v) is 4.94. The molecule has 1 aromatic carbocycles. The Morgan fingerprint density at radius 1 is 1.27 bits per heavy atom. The summed E-state index contributed by atoms with van der Waals surface area (Å²) >= 11 is 0. The summed E-state index contributed by atoms with van der Waals surface area (Å²) in [6, 6.07) is 5.44. The fraction of sp³-hybridized carbons (Fsp3) is 0.611. The van der Waals surface area contributed by atoms with E-state index in [0.29, 0.717) is 44.6 Å². The van der Waals surface area contributed by atoms with Crippen LogP contribution in [0.3, 0.4) is 0 Å². The van der Waals surface area contributed by atoms with Crippen LogP contribution >= 0.6 is 0 Å². The summed E-state index contributed by atoms with van der Waals surface area (Å²) in [5, 5.41) is 4.96. The standard InChI is InChI=1S/C18H27N3O4S/c1-14-6-7-16(26(23,24)21-8-10-25-11-9-21)12-17(14)20-18(22)13-19-15-4-2-3-5-15/h6-7,12,15,19H,2-5,8-11,13H2,1H3,(H,20,22)/p+1. The first-order chi connectivity index (χ1) is 12.5. The van der Waals surface area contributed by atoms with E-state index in [0.717, 1.165) is 5.56 Å². The third kappa shape index (κ3) is 4.62. The van der Waals surface area contributed by atoms with Crippen LogP contribution < -0.4 is 10.6 Å². The molecule has 144 valence electrons. The summed E-state index contributed by atoms with van der Waals surface area (Å²) in [5.74, 6) is -0.0964. The number of nitrogens with two attached hydrogens (primary N) is 1. The molecule has 0 radical (unpaired) electrons. The zero-order valence-electron chi connectivity index (χ0n) is 15.2. The van der Waals surface area contributed by atoms with Crippen molar-refractivity contribution in [3.8, 4) is 0 Å². The number of hydrogen-bond acceptors (Lipinski definition) is 4. The van der Waals surface area contributed by atoms with Gasteiger partial charge in [0, 0.05) is 18.8 Å². The number of ether oxygens (including phenoxy) is 1. The number of anilines is 1. The fourth-order valence-electron chi connectivity index (χ4n) is 3.50. The van der Waals surface area contributed by atoms with E-state index in [1.165, 1.54) is 30.0 Å². The SMILES string of the molecule is Cc1ccc(S(=O)(=O)N2CCOCC2)cc1NC(=O)C[NH2+]C1CCCC1. The number of hydrogen-bond donors (Lipinski definition) is 2. The highest BCUT2D eigenvalue weighted by molar-refractivity contribution is 7.89. The molecule has 1 amide bonds. The molecule has 8 heteroatoms. The number of sulfonamides is 1. The molecule has 1 aliphatic heterocycles. The Morgan fingerprint density at radius 3 is 2.65 bits per heavy atom. The topological polar surface area (TPSA) is 92.3 Å². The molecule has 1 aliphatic carbocycles. The second-order valence-electron chi connectivity index (χ2n) is 7.03. The van der Waals surface area contributed by atoms with E-state index in [4.69, 9.17) is 4.74 Å². The van der Waals surface area contributed by atoms with Crippen molar-refractivity contribution in [1.29, 1.82) is 0 Å². The monoisotopic (exact) mass is 382 g/mol. The second-order valence-corrected chi connectivity index (χ2v) is 8.96. The molecule has 26 heavy (non-hydrogen) atoms. The highest BCUT2D eigenvalue weighted by atomic mass is 32.2. The van der Waals surface area contributed by atoms with E-state index in [2.05, 4.69) is 10.6 Å².